The maximum Gasteiger partial charge on any atom is 0.347 e. The normalized spacial score (nSPS) is 24.8. The van der Waals surface area contributed by atoms with Crippen molar-refractivity contribution in [1.29, 1.82) is 0 Å². The fourth-order valence-electron chi connectivity index (χ4n) is 7.48. The van der Waals surface area contributed by atoms with Crippen LogP contribution in [0.15, 0.2) is 106 Å². The minimum atomic E-state index is -1.30. The highest BCUT2D eigenvalue weighted by molar-refractivity contribution is 6.31. The number of ketones is 2. The van der Waals surface area contributed by atoms with Crippen LogP contribution in [0.4, 0.5) is 0 Å². The van der Waals surface area contributed by atoms with Crippen LogP contribution in [0.2, 0.25) is 0 Å². The molecule has 4 atom stereocenters. The number of hydrogen-bond acceptors (Lipinski definition) is 5. The molecule has 0 amide bonds. The smallest absolute Gasteiger partial charge is 0.347 e. The van der Waals surface area contributed by atoms with Gasteiger partial charge in [-0.15, -0.1) is 0 Å². The summed E-state index contributed by atoms with van der Waals surface area (Å²) < 4.78 is 3.96. The first-order chi connectivity index (χ1) is 20.2. The van der Waals surface area contributed by atoms with Crippen LogP contribution in [0.3, 0.4) is 0 Å². The summed E-state index contributed by atoms with van der Waals surface area (Å²) in [7, 11) is 1.45. The van der Waals surface area contributed by atoms with Crippen LogP contribution in [0.25, 0.3) is 5.57 Å². The molecule has 42 heavy (non-hydrogen) atoms. The number of carbonyl (C=O) groups is 2. The number of carbonyl (C=O) groups excluding carboxylic acids is 2. The maximum absolute atomic E-state index is 14.8. The van der Waals surface area contributed by atoms with E-state index in [1.165, 1.54) is 22.5 Å². The number of benzene rings is 3. The van der Waals surface area contributed by atoms with E-state index in [4.69, 9.17) is 0 Å². The lowest BCUT2D eigenvalue weighted by Crippen LogP contribution is -2.58. The number of fused-ring (bicyclic) bond motifs is 4. The SMILES string of the molecule is Cc1cc([C@H]2C3=CCn4c(=O)n(C)c(=O)n4[C@@H]3C[C@H]3C(=O)C(c4ccccc4)=CC(=O)[C@@]23c2ccccc2)ccc1O. The van der Waals surface area contributed by atoms with Gasteiger partial charge in [0.15, 0.2) is 11.6 Å². The molecular formula is C34H29N3O5. The quantitative estimate of drug-likeness (QED) is 0.385. The first kappa shape index (κ1) is 26.0. The van der Waals surface area contributed by atoms with E-state index < -0.39 is 34.7 Å². The van der Waals surface area contributed by atoms with Gasteiger partial charge in [0, 0.05) is 24.5 Å². The van der Waals surface area contributed by atoms with Gasteiger partial charge >= 0.3 is 11.4 Å². The van der Waals surface area contributed by atoms with Crippen molar-refractivity contribution in [2.24, 2.45) is 13.0 Å². The molecular weight excluding hydrogens is 530 g/mol. The number of allylic oxidation sites excluding steroid dienone is 4. The highest BCUT2D eigenvalue weighted by Crippen LogP contribution is 2.61. The average molecular weight is 560 g/mol. The molecule has 1 aliphatic heterocycles. The average Bonchev–Trinajstić information content (AvgIpc) is 3.23. The zero-order valence-electron chi connectivity index (χ0n) is 23.2. The van der Waals surface area contributed by atoms with Gasteiger partial charge in [-0.3, -0.25) is 9.59 Å². The van der Waals surface area contributed by atoms with Crippen LogP contribution in [0.1, 0.15) is 40.6 Å². The Morgan fingerprint density at radius 1 is 0.881 bits per heavy atom. The molecule has 3 aromatic carbocycles. The van der Waals surface area contributed by atoms with E-state index in [2.05, 4.69) is 0 Å². The van der Waals surface area contributed by atoms with Crippen LogP contribution in [0.5, 0.6) is 5.75 Å². The summed E-state index contributed by atoms with van der Waals surface area (Å²) in [5, 5.41) is 10.4. The second-order valence-electron chi connectivity index (χ2n) is 11.4. The number of Topliss-reactive ketones (excluding diaryl/α,β-unsaturated/α-hetero) is 1. The molecule has 0 unspecified atom stereocenters. The van der Waals surface area contributed by atoms with E-state index in [0.717, 1.165) is 21.3 Å². The lowest BCUT2D eigenvalue weighted by molar-refractivity contribution is -0.133. The third-order valence-electron chi connectivity index (χ3n) is 9.38. The number of hydrogen-bond donors (Lipinski definition) is 1. The first-order valence-electron chi connectivity index (χ1n) is 14.0. The Hall–Kier alpha value is -4.98. The van der Waals surface area contributed by atoms with Crippen LogP contribution in [-0.4, -0.2) is 30.6 Å². The van der Waals surface area contributed by atoms with Crippen molar-refractivity contribution in [3.63, 3.8) is 0 Å². The minimum Gasteiger partial charge on any atom is -0.508 e. The van der Waals surface area contributed by atoms with Crippen molar-refractivity contribution < 1.29 is 14.7 Å². The van der Waals surface area contributed by atoms with Gasteiger partial charge in [-0.05, 0) is 53.3 Å². The highest BCUT2D eigenvalue weighted by atomic mass is 16.3. The van der Waals surface area contributed by atoms with E-state index in [0.29, 0.717) is 16.7 Å². The summed E-state index contributed by atoms with van der Waals surface area (Å²) in [5.74, 6) is -1.70. The van der Waals surface area contributed by atoms with E-state index in [1.54, 1.807) is 19.1 Å². The topological polar surface area (TPSA) is 103 Å². The number of nitrogens with zero attached hydrogens (tertiary/aromatic N) is 3. The third kappa shape index (κ3) is 3.41. The molecule has 0 spiro atoms. The molecule has 7 rings (SSSR count). The number of rotatable bonds is 3. The van der Waals surface area contributed by atoms with E-state index >= 15 is 0 Å². The molecule has 0 bridgehead atoms. The summed E-state index contributed by atoms with van der Waals surface area (Å²) in [6.45, 7) is 1.96. The largest absolute Gasteiger partial charge is 0.508 e. The highest BCUT2D eigenvalue weighted by Gasteiger charge is 2.63. The molecule has 1 saturated carbocycles. The minimum absolute atomic E-state index is 0.125. The van der Waals surface area contributed by atoms with Gasteiger partial charge in [0.1, 0.15) is 5.75 Å². The van der Waals surface area contributed by atoms with Gasteiger partial charge in [0.25, 0.3) is 0 Å². The first-order valence-corrected chi connectivity index (χ1v) is 14.0. The standard InChI is InChI=1S/C34H29N3O5/c1-20-17-22(13-14-28(20)38)30-24-15-16-36-32(41)35(2)33(42)37(36)27(24)19-26-31(40)25(21-9-5-3-6-10-21)18-29(39)34(26,30)23-11-7-4-8-12-23/h3-15,17-18,26-27,30,38H,16,19H2,1-2H3/t26-,27+,30-,34-/m0/s1. The number of phenols is 1. The molecule has 210 valence electrons. The Balaban J connectivity index is 1.57. The summed E-state index contributed by atoms with van der Waals surface area (Å²) in [6, 6.07) is 23.2. The van der Waals surface area contributed by atoms with Gasteiger partial charge < -0.3 is 5.11 Å². The van der Waals surface area contributed by atoms with Crippen LogP contribution in [-0.2, 0) is 28.6 Å². The maximum atomic E-state index is 14.8. The van der Waals surface area contributed by atoms with Crippen LogP contribution in [0, 0.1) is 12.8 Å². The van der Waals surface area contributed by atoms with E-state index in [-0.39, 0.29) is 30.3 Å². The van der Waals surface area contributed by atoms with Gasteiger partial charge in [0.2, 0.25) is 0 Å². The Labute approximate surface area is 241 Å². The predicted molar refractivity (Wildman–Crippen MR) is 157 cm³/mol. The van der Waals surface area contributed by atoms with Crippen molar-refractivity contribution in [2.75, 3.05) is 0 Å². The lowest BCUT2D eigenvalue weighted by atomic mass is 9.47. The molecule has 2 heterocycles. The molecule has 1 N–H and O–H groups in total. The second-order valence-corrected chi connectivity index (χ2v) is 11.4. The summed E-state index contributed by atoms with van der Waals surface area (Å²) in [6.07, 6.45) is 3.61. The fourth-order valence-corrected chi connectivity index (χ4v) is 7.48. The van der Waals surface area contributed by atoms with Crippen molar-refractivity contribution in [3.8, 4) is 5.75 Å². The second kappa shape index (κ2) is 9.27. The third-order valence-corrected chi connectivity index (χ3v) is 9.38. The van der Waals surface area contributed by atoms with E-state index in [1.807, 2.05) is 72.8 Å². The molecule has 1 fully saturated rings. The zero-order valence-corrected chi connectivity index (χ0v) is 23.2. The summed E-state index contributed by atoms with van der Waals surface area (Å²) in [5.41, 5.74) is 1.73. The number of aromatic nitrogens is 3. The van der Waals surface area contributed by atoms with Crippen molar-refractivity contribution >= 4 is 17.1 Å². The molecule has 3 aliphatic rings. The van der Waals surface area contributed by atoms with Gasteiger partial charge in [-0.2, -0.15) is 0 Å². The lowest BCUT2D eigenvalue weighted by Gasteiger charge is -2.54. The van der Waals surface area contributed by atoms with Crippen LogP contribution >= 0.6 is 0 Å². The monoisotopic (exact) mass is 559 g/mol. The number of aryl methyl sites for hydroxylation is 1. The molecule has 1 aromatic heterocycles. The Morgan fingerprint density at radius 3 is 2.26 bits per heavy atom. The number of phenolic OH excluding ortho intramolecular Hbond substituents is 1. The fraction of sp³-hybridized carbons (Fsp3) is 0.235. The Bertz CT molecular complexity index is 1960. The van der Waals surface area contributed by atoms with Gasteiger partial charge in [-0.1, -0.05) is 78.9 Å². The Morgan fingerprint density at radius 2 is 1.57 bits per heavy atom. The summed E-state index contributed by atoms with van der Waals surface area (Å²) >= 11 is 0. The molecule has 8 heteroatoms. The summed E-state index contributed by atoms with van der Waals surface area (Å²) in [4.78, 5) is 55.9. The molecule has 2 aliphatic carbocycles. The van der Waals surface area contributed by atoms with Crippen LogP contribution < -0.4 is 11.4 Å². The van der Waals surface area contributed by atoms with Crippen molar-refractivity contribution in [3.05, 3.63) is 140 Å². The molecule has 4 aromatic rings. The predicted octanol–water partition coefficient (Wildman–Crippen LogP) is 3.82. The number of aromatic hydroxyl groups is 1. The van der Waals surface area contributed by atoms with Crippen molar-refractivity contribution in [1.82, 2.24) is 13.9 Å². The molecule has 0 saturated heterocycles. The molecule has 0 radical (unpaired) electrons. The molecule has 8 nitrogen and oxygen atoms in total. The van der Waals surface area contributed by atoms with Gasteiger partial charge in [0.05, 0.1) is 18.0 Å². The zero-order chi connectivity index (χ0) is 29.3. The Kier molecular flexibility index (Phi) is 5.73. The van der Waals surface area contributed by atoms with Crippen molar-refractivity contribution in [2.45, 2.75) is 37.3 Å². The van der Waals surface area contributed by atoms with E-state index in [9.17, 15) is 24.3 Å². The van der Waals surface area contributed by atoms with Gasteiger partial charge in [-0.25, -0.2) is 23.5 Å².